The molecular weight excluding hydrogens is 484 g/mol. The highest BCUT2D eigenvalue weighted by atomic mass is 32.2. The van der Waals surface area contributed by atoms with Gasteiger partial charge in [-0.15, -0.1) is 0 Å². The second kappa shape index (κ2) is 9.85. The molecule has 0 amide bonds. The Hall–Kier alpha value is -0.920. The van der Waals surface area contributed by atoms with Crippen LogP contribution in [0.15, 0.2) is 0 Å². The van der Waals surface area contributed by atoms with Gasteiger partial charge in [-0.05, 0) is 38.5 Å². The quantitative estimate of drug-likeness (QED) is 0.344. The van der Waals surface area contributed by atoms with Gasteiger partial charge in [-0.3, -0.25) is 14.1 Å². The molecular formula is C22H36N2O8S2. The molecule has 9 atom stereocenters. The van der Waals surface area contributed by atoms with Crippen LogP contribution in [-0.2, 0) is 29.5 Å². The Labute approximate surface area is 201 Å². The first-order chi connectivity index (χ1) is 16.0. The van der Waals surface area contributed by atoms with Crippen LogP contribution < -0.4 is 11.1 Å². The number of hydrogen-bond donors (Lipinski definition) is 4. The average Bonchev–Trinajstić information content (AvgIpc) is 2.77. The molecule has 9 unspecified atom stereocenters. The van der Waals surface area contributed by atoms with Crippen LogP contribution in [0.2, 0.25) is 0 Å². The minimum absolute atomic E-state index is 0.0590. The van der Waals surface area contributed by atoms with Crippen LogP contribution in [0.3, 0.4) is 0 Å². The highest BCUT2D eigenvalue weighted by Gasteiger charge is 2.59. The average molecular weight is 521 g/mol. The van der Waals surface area contributed by atoms with Gasteiger partial charge in [-0.2, -0.15) is 8.42 Å². The predicted molar refractivity (Wildman–Crippen MR) is 124 cm³/mol. The minimum Gasteiger partial charge on any atom is -0.395 e. The van der Waals surface area contributed by atoms with E-state index in [2.05, 4.69) is 5.32 Å². The normalized spacial score (nSPS) is 41.6. The SMILES string of the molecule is NC1C2C(=O)C3CCCCC3C(=O)C2C(NC2CCCC(S(=O)(=O)CCO)C2)CC1S(=O)(=O)O. The van der Waals surface area contributed by atoms with E-state index in [0.717, 1.165) is 12.8 Å². The number of fused-ring (bicyclic) bond motifs is 2. The summed E-state index contributed by atoms with van der Waals surface area (Å²) < 4.78 is 59.3. The highest BCUT2D eigenvalue weighted by molar-refractivity contribution is 7.92. The summed E-state index contributed by atoms with van der Waals surface area (Å²) in [5.74, 6) is -3.14. The summed E-state index contributed by atoms with van der Waals surface area (Å²) >= 11 is 0. The second-order valence-corrected chi connectivity index (χ2v) is 14.6. The highest BCUT2D eigenvalue weighted by Crippen LogP contribution is 2.47. The summed E-state index contributed by atoms with van der Waals surface area (Å²) in [5, 5.41) is 10.4. The summed E-state index contributed by atoms with van der Waals surface area (Å²) in [6.45, 7) is -0.448. The summed E-state index contributed by atoms with van der Waals surface area (Å²) in [6, 6.07) is -2.15. The molecule has 0 saturated heterocycles. The fourth-order valence-corrected chi connectivity index (χ4v) is 9.69. The zero-order valence-electron chi connectivity index (χ0n) is 19.2. The van der Waals surface area contributed by atoms with Gasteiger partial charge in [0.1, 0.15) is 16.8 Å². The molecule has 0 heterocycles. The van der Waals surface area contributed by atoms with Crippen molar-refractivity contribution >= 4 is 31.5 Å². The van der Waals surface area contributed by atoms with Crippen molar-refractivity contribution in [2.45, 2.75) is 86.4 Å². The first kappa shape index (κ1) is 26.2. The summed E-state index contributed by atoms with van der Waals surface area (Å²) in [4.78, 5) is 27.1. The van der Waals surface area contributed by atoms with Crippen LogP contribution in [0.25, 0.3) is 0 Å². The van der Waals surface area contributed by atoms with Crippen LogP contribution in [0.4, 0.5) is 0 Å². The summed E-state index contributed by atoms with van der Waals surface area (Å²) in [6.07, 6.45) is 4.86. The van der Waals surface area contributed by atoms with Crippen molar-refractivity contribution in [3.05, 3.63) is 0 Å². The molecule has 194 valence electrons. The minimum atomic E-state index is -4.56. The number of hydrogen-bond acceptors (Lipinski definition) is 9. The number of aliphatic hydroxyl groups excluding tert-OH is 1. The van der Waals surface area contributed by atoms with Gasteiger partial charge in [0.05, 0.1) is 17.6 Å². The molecule has 4 saturated carbocycles. The van der Waals surface area contributed by atoms with Crippen molar-refractivity contribution < 1.29 is 36.1 Å². The Bertz CT molecular complexity index is 1010. The van der Waals surface area contributed by atoms with Crippen LogP contribution in [0.1, 0.15) is 57.8 Å². The Balaban J connectivity index is 1.62. The number of ketones is 2. The van der Waals surface area contributed by atoms with E-state index < -0.39 is 66.9 Å². The van der Waals surface area contributed by atoms with Gasteiger partial charge in [-0.1, -0.05) is 19.3 Å². The maximum atomic E-state index is 13.6. The fraction of sp³-hybridized carbons (Fsp3) is 0.909. The Morgan fingerprint density at radius 3 is 2.09 bits per heavy atom. The molecule has 4 aliphatic carbocycles. The number of sulfone groups is 1. The molecule has 5 N–H and O–H groups in total. The number of aliphatic hydroxyl groups is 1. The molecule has 4 fully saturated rings. The van der Waals surface area contributed by atoms with E-state index in [1.165, 1.54) is 0 Å². The Morgan fingerprint density at radius 1 is 0.882 bits per heavy atom. The molecule has 0 bridgehead atoms. The lowest BCUT2D eigenvalue weighted by Crippen LogP contribution is -2.68. The third-order valence-electron chi connectivity index (χ3n) is 8.65. The molecule has 0 radical (unpaired) electrons. The van der Waals surface area contributed by atoms with Crippen LogP contribution in [0, 0.1) is 23.7 Å². The number of rotatable bonds is 6. The monoisotopic (exact) mass is 520 g/mol. The smallest absolute Gasteiger partial charge is 0.269 e. The number of carbonyl (C=O) groups is 2. The molecule has 4 rings (SSSR count). The van der Waals surface area contributed by atoms with Crippen molar-refractivity contribution in [2.24, 2.45) is 29.4 Å². The van der Waals surface area contributed by atoms with E-state index in [4.69, 9.17) is 10.8 Å². The van der Waals surface area contributed by atoms with Crippen molar-refractivity contribution in [2.75, 3.05) is 12.4 Å². The van der Waals surface area contributed by atoms with Crippen molar-refractivity contribution in [3.8, 4) is 0 Å². The lowest BCUT2D eigenvalue weighted by atomic mass is 9.56. The van der Waals surface area contributed by atoms with Gasteiger partial charge in [0, 0.05) is 41.8 Å². The van der Waals surface area contributed by atoms with Gasteiger partial charge in [0.15, 0.2) is 9.84 Å². The number of nitrogens with one attached hydrogen (secondary N) is 1. The molecule has 4 aliphatic rings. The Morgan fingerprint density at radius 2 is 1.50 bits per heavy atom. The topological polar surface area (TPSA) is 181 Å². The molecule has 0 aromatic rings. The molecule has 12 heteroatoms. The Kier molecular flexibility index (Phi) is 7.58. The first-order valence-corrected chi connectivity index (χ1v) is 15.6. The van der Waals surface area contributed by atoms with E-state index in [0.29, 0.717) is 32.1 Å². The zero-order chi connectivity index (χ0) is 24.8. The standard InChI is InChI=1S/C22H36N2O8S2/c23-20-17(34(30,31)32)11-16(24-12-4-3-5-13(10-12)33(28,29)9-8-25)18-19(20)22(27)15-7-2-1-6-14(15)21(18)26/h12-20,24-25H,1-11,23H2,(H,30,31,32). The zero-order valence-corrected chi connectivity index (χ0v) is 20.8. The van der Waals surface area contributed by atoms with E-state index in [1.807, 2.05) is 0 Å². The van der Waals surface area contributed by atoms with Gasteiger partial charge >= 0.3 is 0 Å². The largest absolute Gasteiger partial charge is 0.395 e. The number of carbonyl (C=O) groups excluding carboxylic acids is 2. The summed E-state index contributed by atoms with van der Waals surface area (Å²) in [5.41, 5.74) is 6.26. The lowest BCUT2D eigenvalue weighted by Gasteiger charge is -2.51. The lowest BCUT2D eigenvalue weighted by molar-refractivity contribution is -0.153. The maximum absolute atomic E-state index is 13.6. The van der Waals surface area contributed by atoms with Gasteiger partial charge in [0.2, 0.25) is 0 Å². The third kappa shape index (κ3) is 4.86. The maximum Gasteiger partial charge on any atom is 0.269 e. The molecule has 10 nitrogen and oxygen atoms in total. The van der Waals surface area contributed by atoms with E-state index in [1.54, 1.807) is 0 Å². The van der Waals surface area contributed by atoms with E-state index in [-0.39, 0.29) is 42.1 Å². The van der Waals surface area contributed by atoms with Crippen molar-refractivity contribution in [1.29, 1.82) is 0 Å². The second-order valence-electron chi connectivity index (χ2n) is 10.6. The van der Waals surface area contributed by atoms with Crippen LogP contribution in [-0.4, -0.2) is 79.0 Å². The number of Topliss-reactive ketones (excluding diaryl/α,β-unsaturated/α-hetero) is 2. The summed E-state index contributed by atoms with van der Waals surface area (Å²) in [7, 11) is -8.04. The van der Waals surface area contributed by atoms with E-state index in [9.17, 15) is 31.0 Å². The fourth-order valence-electron chi connectivity index (χ4n) is 7.03. The van der Waals surface area contributed by atoms with Gasteiger partial charge in [0.25, 0.3) is 10.1 Å². The molecule has 0 aromatic heterocycles. The molecule has 0 aromatic carbocycles. The molecule has 0 spiro atoms. The third-order valence-corrected chi connectivity index (χ3v) is 12.1. The van der Waals surface area contributed by atoms with Crippen molar-refractivity contribution in [3.63, 3.8) is 0 Å². The molecule has 34 heavy (non-hydrogen) atoms. The van der Waals surface area contributed by atoms with Crippen LogP contribution in [0.5, 0.6) is 0 Å². The van der Waals surface area contributed by atoms with E-state index >= 15 is 0 Å². The molecule has 0 aliphatic heterocycles. The van der Waals surface area contributed by atoms with Crippen molar-refractivity contribution in [1.82, 2.24) is 5.32 Å². The first-order valence-electron chi connectivity index (χ1n) is 12.3. The van der Waals surface area contributed by atoms with Gasteiger partial charge < -0.3 is 16.2 Å². The predicted octanol–water partition coefficient (Wildman–Crippen LogP) is -0.159. The number of nitrogens with two attached hydrogens (primary N) is 1. The van der Waals surface area contributed by atoms with Crippen LogP contribution >= 0.6 is 0 Å². The van der Waals surface area contributed by atoms with Gasteiger partial charge in [-0.25, -0.2) is 8.42 Å².